The summed E-state index contributed by atoms with van der Waals surface area (Å²) < 4.78 is 2.37. The predicted molar refractivity (Wildman–Crippen MR) is 155 cm³/mol. The van der Waals surface area contributed by atoms with Gasteiger partial charge in [0.15, 0.2) is 0 Å². The summed E-state index contributed by atoms with van der Waals surface area (Å²) >= 11 is 0. The van der Waals surface area contributed by atoms with E-state index < -0.39 is 0 Å². The molecule has 0 saturated heterocycles. The lowest BCUT2D eigenvalue weighted by atomic mass is 10.0. The second kappa shape index (κ2) is 8.73. The Labute approximate surface area is 213 Å². The highest BCUT2D eigenvalue weighted by molar-refractivity contribution is 6.10. The maximum atomic E-state index is 2.44. The monoisotopic (exact) mass is 466 g/mol. The molecule has 0 bridgehead atoms. The van der Waals surface area contributed by atoms with Crippen molar-refractivity contribution in [1.82, 2.24) is 4.57 Å². The fourth-order valence-electron chi connectivity index (χ4n) is 5.31. The van der Waals surface area contributed by atoms with E-state index in [0.717, 1.165) is 0 Å². The molecule has 1 heterocycles. The predicted octanol–water partition coefficient (Wildman–Crippen LogP) is 9.39. The van der Waals surface area contributed by atoms with Gasteiger partial charge in [-0.15, -0.1) is 0 Å². The van der Waals surface area contributed by atoms with Crippen molar-refractivity contribution in [2.75, 3.05) is 4.90 Å². The number of aromatic nitrogens is 1. The summed E-state index contributed by atoms with van der Waals surface area (Å²) in [6.07, 6.45) is 0. The molecular formula is C34H30N2. The highest BCUT2D eigenvalue weighted by atomic mass is 15.2. The number of para-hydroxylation sites is 2. The minimum absolute atomic E-state index is 0.0975. The summed E-state index contributed by atoms with van der Waals surface area (Å²) in [5.41, 5.74) is 8.38. The fraction of sp³-hybridized carbons (Fsp3) is 0.118. The quantitative estimate of drug-likeness (QED) is 0.251. The van der Waals surface area contributed by atoms with Crippen LogP contribution in [0.4, 0.5) is 11.4 Å². The van der Waals surface area contributed by atoms with Crippen molar-refractivity contribution in [3.63, 3.8) is 0 Å². The first kappa shape index (κ1) is 22.2. The highest BCUT2D eigenvalue weighted by Gasteiger charge is 2.25. The van der Waals surface area contributed by atoms with Crippen LogP contribution in [0.3, 0.4) is 0 Å². The van der Waals surface area contributed by atoms with Crippen LogP contribution in [-0.4, -0.2) is 10.1 Å². The molecular weight excluding hydrogens is 436 g/mol. The van der Waals surface area contributed by atoms with Crippen molar-refractivity contribution in [2.45, 2.75) is 26.3 Å². The molecule has 0 aliphatic rings. The first-order chi connectivity index (χ1) is 17.5. The second-order valence-electron chi connectivity index (χ2n) is 10.3. The van der Waals surface area contributed by atoms with Crippen molar-refractivity contribution < 1.29 is 0 Å². The molecule has 0 amide bonds. The lowest BCUT2D eigenvalue weighted by molar-refractivity contribution is 0.560. The van der Waals surface area contributed by atoms with Crippen LogP contribution >= 0.6 is 0 Å². The van der Waals surface area contributed by atoms with Gasteiger partial charge >= 0.3 is 0 Å². The van der Waals surface area contributed by atoms with Gasteiger partial charge in [0.25, 0.3) is 0 Å². The molecule has 0 aliphatic heterocycles. The molecule has 6 rings (SSSR count). The average Bonchev–Trinajstić information content (AvgIpc) is 3.23. The van der Waals surface area contributed by atoms with E-state index in [0.29, 0.717) is 0 Å². The molecule has 6 aromatic rings. The third-order valence-corrected chi connectivity index (χ3v) is 6.83. The van der Waals surface area contributed by atoms with Gasteiger partial charge in [-0.2, -0.15) is 0 Å². The van der Waals surface area contributed by atoms with Gasteiger partial charge < -0.3 is 9.47 Å². The van der Waals surface area contributed by atoms with Gasteiger partial charge in [0.2, 0.25) is 0 Å². The lowest BCUT2D eigenvalue weighted by Crippen LogP contribution is -2.37. The number of nitrogens with zero attached hydrogens (tertiary/aromatic N) is 2. The van der Waals surface area contributed by atoms with Gasteiger partial charge in [-0.3, -0.25) is 0 Å². The maximum Gasteiger partial charge on any atom is 0.0542 e. The highest BCUT2D eigenvalue weighted by Crippen LogP contribution is 2.39. The molecule has 0 radical (unpaired) electrons. The SMILES string of the molecule is CC(C)(C)N(c1ccc(-c2ccccc2)cc1)c1ccc2c(c1)c1ccccc1n2-c1ccccc1. The Kier molecular flexibility index (Phi) is 5.38. The molecule has 0 spiro atoms. The van der Waals surface area contributed by atoms with Crippen molar-refractivity contribution in [2.24, 2.45) is 0 Å². The summed E-state index contributed by atoms with van der Waals surface area (Å²) in [6.45, 7) is 6.82. The largest absolute Gasteiger partial charge is 0.336 e. The number of benzene rings is 5. The van der Waals surface area contributed by atoms with Gasteiger partial charge in [-0.25, -0.2) is 0 Å². The molecule has 1 aromatic heterocycles. The minimum atomic E-state index is -0.0975. The molecule has 0 unspecified atom stereocenters. The molecule has 2 heteroatoms. The zero-order chi connectivity index (χ0) is 24.7. The van der Waals surface area contributed by atoms with E-state index in [1.165, 1.54) is 50.0 Å². The number of anilines is 2. The molecule has 0 N–H and O–H groups in total. The number of fused-ring (bicyclic) bond motifs is 3. The lowest BCUT2D eigenvalue weighted by Gasteiger charge is -2.38. The van der Waals surface area contributed by atoms with Crippen LogP contribution in [0.25, 0.3) is 38.6 Å². The van der Waals surface area contributed by atoms with Gasteiger partial charge in [-0.1, -0.05) is 78.9 Å². The smallest absolute Gasteiger partial charge is 0.0542 e. The summed E-state index contributed by atoms with van der Waals surface area (Å²) in [4.78, 5) is 2.44. The third-order valence-electron chi connectivity index (χ3n) is 6.83. The van der Waals surface area contributed by atoms with Gasteiger partial charge in [-0.05, 0) is 80.4 Å². The van der Waals surface area contributed by atoms with Crippen molar-refractivity contribution in [3.05, 3.63) is 127 Å². The summed E-state index contributed by atoms with van der Waals surface area (Å²) in [6, 6.07) is 45.7. The zero-order valence-electron chi connectivity index (χ0n) is 21.0. The summed E-state index contributed by atoms with van der Waals surface area (Å²) in [5.74, 6) is 0. The number of hydrogen-bond donors (Lipinski definition) is 0. The Balaban J connectivity index is 1.50. The summed E-state index contributed by atoms with van der Waals surface area (Å²) in [5, 5.41) is 2.54. The zero-order valence-corrected chi connectivity index (χ0v) is 21.0. The number of rotatable bonds is 4. The Hall–Kier alpha value is -4.30. The van der Waals surface area contributed by atoms with Crippen LogP contribution in [0.5, 0.6) is 0 Å². The molecule has 0 atom stereocenters. The third kappa shape index (κ3) is 3.85. The Bertz CT molecular complexity index is 1640. The Morgan fingerprint density at radius 2 is 1.06 bits per heavy atom. The van der Waals surface area contributed by atoms with Crippen molar-refractivity contribution >= 4 is 33.2 Å². The van der Waals surface area contributed by atoms with Crippen LogP contribution in [0.2, 0.25) is 0 Å². The van der Waals surface area contributed by atoms with E-state index >= 15 is 0 Å². The summed E-state index contributed by atoms with van der Waals surface area (Å²) in [7, 11) is 0. The molecule has 176 valence electrons. The maximum absolute atomic E-state index is 2.44. The van der Waals surface area contributed by atoms with E-state index in [4.69, 9.17) is 0 Å². The van der Waals surface area contributed by atoms with E-state index in [1.54, 1.807) is 0 Å². The average molecular weight is 467 g/mol. The van der Waals surface area contributed by atoms with Crippen LogP contribution in [-0.2, 0) is 0 Å². The Morgan fingerprint density at radius 1 is 0.500 bits per heavy atom. The van der Waals surface area contributed by atoms with Crippen LogP contribution in [0.1, 0.15) is 20.8 Å². The van der Waals surface area contributed by atoms with E-state index in [1.807, 2.05) is 0 Å². The Morgan fingerprint density at radius 3 is 1.75 bits per heavy atom. The van der Waals surface area contributed by atoms with Gasteiger partial charge in [0.1, 0.15) is 0 Å². The van der Waals surface area contributed by atoms with Crippen LogP contribution in [0, 0.1) is 0 Å². The molecule has 0 fully saturated rings. The topological polar surface area (TPSA) is 8.17 Å². The van der Waals surface area contributed by atoms with E-state index in [2.05, 4.69) is 158 Å². The van der Waals surface area contributed by atoms with Crippen LogP contribution in [0.15, 0.2) is 127 Å². The fourth-order valence-corrected chi connectivity index (χ4v) is 5.31. The molecule has 0 aliphatic carbocycles. The minimum Gasteiger partial charge on any atom is -0.336 e. The van der Waals surface area contributed by atoms with Gasteiger partial charge in [0, 0.05) is 33.4 Å². The van der Waals surface area contributed by atoms with Crippen molar-refractivity contribution in [1.29, 1.82) is 0 Å². The molecule has 5 aromatic carbocycles. The second-order valence-corrected chi connectivity index (χ2v) is 10.3. The number of hydrogen-bond acceptors (Lipinski definition) is 1. The van der Waals surface area contributed by atoms with Crippen LogP contribution < -0.4 is 4.90 Å². The van der Waals surface area contributed by atoms with Crippen molar-refractivity contribution in [3.8, 4) is 16.8 Å². The first-order valence-corrected chi connectivity index (χ1v) is 12.5. The first-order valence-electron chi connectivity index (χ1n) is 12.5. The van der Waals surface area contributed by atoms with E-state index in [9.17, 15) is 0 Å². The molecule has 36 heavy (non-hydrogen) atoms. The normalized spacial score (nSPS) is 11.8. The standard InChI is InChI=1S/C34H30N2/c1-34(2,3)36(28-20-18-26(19-21-28)25-12-6-4-7-13-25)29-22-23-33-31(24-29)30-16-10-11-17-32(30)35(33)27-14-8-5-9-15-27/h4-24H,1-3H3. The van der Waals surface area contributed by atoms with E-state index in [-0.39, 0.29) is 5.54 Å². The molecule has 2 nitrogen and oxygen atoms in total. The van der Waals surface area contributed by atoms with Gasteiger partial charge in [0.05, 0.1) is 11.0 Å². The molecule has 0 saturated carbocycles.